The van der Waals surface area contributed by atoms with Gasteiger partial charge in [-0.05, 0) is 12.5 Å². The van der Waals surface area contributed by atoms with Crippen molar-refractivity contribution in [1.82, 2.24) is 14.5 Å². The lowest BCUT2D eigenvalue weighted by molar-refractivity contribution is -0.140. The van der Waals surface area contributed by atoms with E-state index in [2.05, 4.69) is 4.98 Å². The van der Waals surface area contributed by atoms with Crippen LogP contribution < -0.4 is 5.56 Å². The average Bonchev–Trinajstić information content (AvgIpc) is 3.04. The first-order valence-corrected chi connectivity index (χ1v) is 9.23. The van der Waals surface area contributed by atoms with E-state index in [-0.39, 0.29) is 11.5 Å². The zero-order valence-corrected chi connectivity index (χ0v) is 15.8. The van der Waals surface area contributed by atoms with Gasteiger partial charge in [0.25, 0.3) is 5.56 Å². The maximum atomic E-state index is 13.0. The summed E-state index contributed by atoms with van der Waals surface area (Å²) in [6.45, 7) is 2.62. The summed E-state index contributed by atoms with van der Waals surface area (Å²) in [6.07, 6.45) is 0.573. The van der Waals surface area contributed by atoms with Crippen LogP contribution in [-0.4, -0.2) is 46.6 Å². The number of nitrogens with zero attached hydrogens (tertiary/aromatic N) is 2. The topological polar surface area (TPSA) is 86.2 Å². The van der Waals surface area contributed by atoms with Gasteiger partial charge in [-0.2, -0.15) is 0 Å². The molecule has 138 valence electrons. The minimum atomic E-state index is -0.427. The molecule has 0 fully saturated rings. The van der Waals surface area contributed by atoms with E-state index in [1.54, 1.807) is 11.7 Å². The molecular formula is C18H21N3O4S. The zero-order valence-electron chi connectivity index (χ0n) is 14.9. The van der Waals surface area contributed by atoms with Crippen molar-refractivity contribution in [2.75, 3.05) is 20.8 Å². The molecule has 0 saturated carbocycles. The van der Waals surface area contributed by atoms with Crippen molar-refractivity contribution in [2.24, 2.45) is 0 Å². The summed E-state index contributed by atoms with van der Waals surface area (Å²) in [4.78, 5) is 32.9. The van der Waals surface area contributed by atoms with Gasteiger partial charge in [0, 0.05) is 18.0 Å². The van der Waals surface area contributed by atoms with Crippen LogP contribution in [0, 0.1) is 0 Å². The largest absolute Gasteiger partial charge is 0.468 e. The minimum absolute atomic E-state index is 0.175. The predicted octanol–water partition coefficient (Wildman–Crippen LogP) is 2.57. The van der Waals surface area contributed by atoms with Crippen LogP contribution in [0.5, 0.6) is 0 Å². The lowest BCUT2D eigenvalue weighted by Gasteiger charge is -2.15. The van der Waals surface area contributed by atoms with Gasteiger partial charge in [0.1, 0.15) is 16.3 Å². The number of ether oxygens (including phenoxy) is 2. The van der Waals surface area contributed by atoms with Gasteiger partial charge in [-0.25, -0.2) is 4.98 Å². The fraction of sp³-hybridized carbons (Fsp3) is 0.389. The number of fused-ring (bicyclic) bond motifs is 3. The van der Waals surface area contributed by atoms with Crippen LogP contribution in [-0.2, 0) is 20.8 Å². The van der Waals surface area contributed by atoms with E-state index < -0.39 is 5.25 Å². The lowest BCUT2D eigenvalue weighted by atomic mass is 10.2. The van der Waals surface area contributed by atoms with Gasteiger partial charge in [0.05, 0.1) is 20.3 Å². The molecule has 0 bridgehead atoms. The third-order valence-electron chi connectivity index (χ3n) is 4.18. The number of rotatable bonds is 7. The smallest absolute Gasteiger partial charge is 0.319 e. The third kappa shape index (κ3) is 3.34. The minimum Gasteiger partial charge on any atom is -0.468 e. The summed E-state index contributed by atoms with van der Waals surface area (Å²) < 4.78 is 11.5. The van der Waals surface area contributed by atoms with E-state index in [4.69, 9.17) is 14.5 Å². The normalized spacial score (nSPS) is 12.6. The number of nitrogens with one attached hydrogen (secondary N) is 1. The summed E-state index contributed by atoms with van der Waals surface area (Å²) in [7, 11) is 2.94. The van der Waals surface area contributed by atoms with E-state index in [0.29, 0.717) is 35.8 Å². The Morgan fingerprint density at radius 1 is 1.35 bits per heavy atom. The van der Waals surface area contributed by atoms with Crippen molar-refractivity contribution in [3.8, 4) is 0 Å². The van der Waals surface area contributed by atoms with Gasteiger partial charge in [-0.15, -0.1) is 0 Å². The van der Waals surface area contributed by atoms with Gasteiger partial charge in [0.15, 0.2) is 5.16 Å². The number of H-pyrrole nitrogens is 1. The molecule has 3 rings (SSSR count). The fourth-order valence-electron chi connectivity index (χ4n) is 2.80. The summed E-state index contributed by atoms with van der Waals surface area (Å²) in [5, 5.41) is 0.941. The molecule has 2 aromatic heterocycles. The van der Waals surface area contributed by atoms with Gasteiger partial charge in [-0.1, -0.05) is 36.9 Å². The molecule has 0 spiro atoms. The van der Waals surface area contributed by atoms with E-state index in [1.807, 2.05) is 31.2 Å². The van der Waals surface area contributed by atoms with Crippen molar-refractivity contribution in [3.63, 3.8) is 0 Å². The van der Waals surface area contributed by atoms with Crippen LogP contribution in [0.2, 0.25) is 0 Å². The van der Waals surface area contributed by atoms with Crippen LogP contribution in [0.25, 0.3) is 21.9 Å². The van der Waals surface area contributed by atoms with Crippen molar-refractivity contribution in [2.45, 2.75) is 30.3 Å². The first kappa shape index (κ1) is 18.5. The number of carbonyl (C=O) groups is 1. The lowest BCUT2D eigenvalue weighted by Crippen LogP contribution is -2.27. The Morgan fingerprint density at radius 2 is 2.12 bits per heavy atom. The molecule has 0 aliphatic heterocycles. The van der Waals surface area contributed by atoms with Crippen molar-refractivity contribution in [1.29, 1.82) is 0 Å². The molecular weight excluding hydrogens is 354 g/mol. The molecule has 0 amide bonds. The Bertz CT molecular complexity index is 995. The van der Waals surface area contributed by atoms with E-state index in [9.17, 15) is 9.59 Å². The highest BCUT2D eigenvalue weighted by Crippen LogP contribution is 2.28. The highest BCUT2D eigenvalue weighted by molar-refractivity contribution is 8.00. The highest BCUT2D eigenvalue weighted by atomic mass is 32.2. The first-order chi connectivity index (χ1) is 12.6. The molecule has 1 N–H and O–H groups in total. The molecule has 8 heteroatoms. The molecule has 7 nitrogen and oxygen atoms in total. The molecule has 0 radical (unpaired) electrons. The highest BCUT2D eigenvalue weighted by Gasteiger charge is 2.23. The van der Waals surface area contributed by atoms with Gasteiger partial charge in [0.2, 0.25) is 0 Å². The Labute approximate surface area is 154 Å². The molecule has 3 aromatic rings. The quantitative estimate of drug-likeness (QED) is 0.388. The van der Waals surface area contributed by atoms with Gasteiger partial charge < -0.3 is 14.5 Å². The number of aromatic nitrogens is 3. The maximum Gasteiger partial charge on any atom is 0.319 e. The fourth-order valence-corrected chi connectivity index (χ4v) is 3.86. The monoisotopic (exact) mass is 375 g/mol. The number of carbonyl (C=O) groups excluding carboxylic acids is 1. The van der Waals surface area contributed by atoms with Crippen molar-refractivity contribution >= 4 is 39.7 Å². The number of thioether (sulfide) groups is 1. The summed E-state index contributed by atoms with van der Waals surface area (Å²) in [5.41, 5.74) is 1.75. The van der Waals surface area contributed by atoms with Crippen LogP contribution in [0.4, 0.5) is 0 Å². The summed E-state index contributed by atoms with van der Waals surface area (Å²) >= 11 is 1.25. The standard InChI is InChI=1S/C18H21N3O4S/c1-4-13(17(23)25-3)26-18-20-14-11-7-5-6-8-12(11)19-15(14)16(22)21(18)9-10-24-2/h5-8,13,19H,4,9-10H2,1-3H3/t13-/m0/s1. The Hall–Kier alpha value is -2.32. The number of methoxy groups -OCH3 is 2. The summed E-state index contributed by atoms with van der Waals surface area (Å²) in [5.74, 6) is -0.330. The van der Waals surface area contributed by atoms with Crippen molar-refractivity contribution in [3.05, 3.63) is 34.6 Å². The molecule has 2 heterocycles. The molecule has 0 aliphatic carbocycles. The molecule has 26 heavy (non-hydrogen) atoms. The Kier molecular flexibility index (Phi) is 5.63. The number of para-hydroxylation sites is 1. The molecule has 1 atom stereocenters. The van der Waals surface area contributed by atoms with Crippen LogP contribution in [0.1, 0.15) is 13.3 Å². The van der Waals surface area contributed by atoms with Gasteiger partial charge >= 0.3 is 5.97 Å². The van der Waals surface area contributed by atoms with Gasteiger partial charge in [-0.3, -0.25) is 14.2 Å². The Balaban J connectivity index is 2.19. The second-order valence-electron chi connectivity index (χ2n) is 5.78. The Morgan fingerprint density at radius 3 is 2.81 bits per heavy atom. The number of esters is 1. The third-order valence-corrected chi connectivity index (χ3v) is 5.51. The molecule has 0 saturated heterocycles. The molecule has 0 unspecified atom stereocenters. The molecule has 1 aromatic carbocycles. The number of hydrogen-bond acceptors (Lipinski definition) is 6. The first-order valence-electron chi connectivity index (χ1n) is 8.35. The van der Waals surface area contributed by atoms with E-state index >= 15 is 0 Å². The van der Waals surface area contributed by atoms with Crippen molar-refractivity contribution < 1.29 is 14.3 Å². The van der Waals surface area contributed by atoms with Crippen LogP contribution in [0.15, 0.2) is 34.2 Å². The number of hydrogen-bond donors (Lipinski definition) is 1. The van der Waals surface area contributed by atoms with E-state index in [1.165, 1.54) is 18.9 Å². The zero-order chi connectivity index (χ0) is 18.7. The van der Waals surface area contributed by atoms with E-state index in [0.717, 1.165) is 10.9 Å². The number of aromatic amines is 1. The number of benzene rings is 1. The second kappa shape index (κ2) is 7.92. The maximum absolute atomic E-state index is 13.0. The predicted molar refractivity (Wildman–Crippen MR) is 102 cm³/mol. The second-order valence-corrected chi connectivity index (χ2v) is 6.95. The average molecular weight is 375 g/mol. The van der Waals surface area contributed by atoms with Crippen LogP contribution >= 0.6 is 11.8 Å². The SMILES string of the molecule is CC[C@H](Sc1nc2c([nH]c3ccccc32)c(=O)n1CCOC)C(=O)OC. The molecule has 0 aliphatic rings. The summed E-state index contributed by atoms with van der Waals surface area (Å²) in [6, 6.07) is 7.64. The van der Waals surface area contributed by atoms with Crippen LogP contribution in [0.3, 0.4) is 0 Å².